The first-order valence-electron chi connectivity index (χ1n) is 12.6. The van der Waals surface area contributed by atoms with Crippen molar-refractivity contribution in [2.75, 3.05) is 18.7 Å². The summed E-state index contributed by atoms with van der Waals surface area (Å²) in [5, 5.41) is 3.70. The summed E-state index contributed by atoms with van der Waals surface area (Å²) in [6, 6.07) is 15.3. The van der Waals surface area contributed by atoms with Crippen LogP contribution in [0.25, 0.3) is 0 Å². The first-order chi connectivity index (χ1) is 20.0. The van der Waals surface area contributed by atoms with Gasteiger partial charge in [0.1, 0.15) is 23.6 Å². The number of nitrogens with zero attached hydrogens (tertiary/aromatic N) is 2. The Morgan fingerprint density at radius 2 is 1.79 bits per heavy atom. The second kappa shape index (κ2) is 15.7. The summed E-state index contributed by atoms with van der Waals surface area (Å²) < 4.78 is 30.0. The van der Waals surface area contributed by atoms with Gasteiger partial charge in [-0.1, -0.05) is 30.7 Å². The molecular formula is C28H31ClIN5O6S. The summed E-state index contributed by atoms with van der Waals surface area (Å²) in [4.78, 5) is 39.0. The normalized spacial score (nSPS) is 13.2. The fourth-order valence-electron chi connectivity index (χ4n) is 3.72. The van der Waals surface area contributed by atoms with Gasteiger partial charge in [-0.05, 0) is 55.0 Å². The molecule has 3 rings (SSSR count). The van der Waals surface area contributed by atoms with Crippen LogP contribution < -0.4 is 29.6 Å². The third kappa shape index (κ3) is 9.58. The van der Waals surface area contributed by atoms with Gasteiger partial charge in [-0.3, -0.25) is 22.3 Å². The number of benzene rings is 2. The monoisotopic (exact) mass is 727 g/mol. The van der Waals surface area contributed by atoms with Crippen LogP contribution in [0.3, 0.4) is 0 Å². The largest absolute Gasteiger partial charge is 0.593 e. The lowest BCUT2D eigenvalue weighted by Gasteiger charge is -2.19. The van der Waals surface area contributed by atoms with Crippen LogP contribution in [0, 0.1) is 5.92 Å². The number of hydrogen-bond acceptors (Lipinski definition) is 8. The Labute approximate surface area is 265 Å². The van der Waals surface area contributed by atoms with E-state index in [4.69, 9.17) is 21.1 Å². The van der Waals surface area contributed by atoms with Gasteiger partial charge in [0.05, 0.1) is 53.8 Å². The van der Waals surface area contributed by atoms with Crippen LogP contribution in [-0.2, 0) is 34.0 Å². The second-order valence-corrected chi connectivity index (χ2v) is 11.2. The van der Waals surface area contributed by atoms with Crippen molar-refractivity contribution in [3.8, 4) is 5.75 Å². The molecule has 2 atom stereocenters. The van der Waals surface area contributed by atoms with Crippen LogP contribution in [0.15, 0.2) is 88.0 Å². The van der Waals surface area contributed by atoms with Crippen molar-refractivity contribution in [1.82, 2.24) is 17.4 Å². The maximum absolute atomic E-state index is 13.6. The van der Waals surface area contributed by atoms with Crippen molar-refractivity contribution >= 4 is 63.2 Å². The van der Waals surface area contributed by atoms with E-state index in [1.165, 1.54) is 16.9 Å². The molecule has 0 aliphatic heterocycles. The number of carbonyl (C=O) groups excluding carboxylic acids is 1. The number of rotatable bonds is 13. The average Bonchev–Trinajstić information content (AvgIpc) is 2.95. The summed E-state index contributed by atoms with van der Waals surface area (Å²) in [5.74, 6) is 0.735. The van der Waals surface area contributed by atoms with E-state index in [1.807, 2.05) is 22.9 Å². The maximum atomic E-state index is 13.6. The Balaban J connectivity index is 1.91. The molecule has 224 valence electrons. The molecule has 14 heteroatoms. The van der Waals surface area contributed by atoms with E-state index in [-0.39, 0.29) is 18.9 Å². The molecule has 3 aromatic rings. The van der Waals surface area contributed by atoms with Crippen molar-refractivity contribution in [3.63, 3.8) is 0 Å². The molecule has 0 fully saturated rings. The van der Waals surface area contributed by atoms with E-state index in [2.05, 4.69) is 13.6 Å². The third-order valence-corrected chi connectivity index (χ3v) is 7.14. The van der Waals surface area contributed by atoms with Crippen LogP contribution in [0.1, 0.15) is 19.4 Å². The molecule has 42 heavy (non-hydrogen) atoms. The SMILES string of the molecule is CO/C(=C/C=C(\C)Oc1ccc(Nc2cc(=O)n(C[C@H](C)C(=O)N[S+](C)[O-])c(=O)n2Cc2ccc(Cl)cc2)cc1)NI. The Kier molecular flexibility index (Phi) is 12.4. The second-order valence-electron chi connectivity index (χ2n) is 9.15. The van der Waals surface area contributed by atoms with Crippen molar-refractivity contribution in [2.45, 2.75) is 26.9 Å². The van der Waals surface area contributed by atoms with Crippen molar-refractivity contribution < 1.29 is 18.8 Å². The fourth-order valence-corrected chi connectivity index (χ4v) is 4.73. The van der Waals surface area contributed by atoms with Gasteiger partial charge in [0.25, 0.3) is 11.5 Å². The van der Waals surface area contributed by atoms with Gasteiger partial charge < -0.3 is 19.3 Å². The van der Waals surface area contributed by atoms with Gasteiger partial charge >= 0.3 is 5.69 Å². The molecule has 11 nitrogen and oxygen atoms in total. The summed E-state index contributed by atoms with van der Waals surface area (Å²) in [7, 11) is 1.56. The van der Waals surface area contributed by atoms with Gasteiger partial charge in [0, 0.05) is 29.4 Å². The van der Waals surface area contributed by atoms with Crippen molar-refractivity contribution in [3.05, 3.63) is 110 Å². The van der Waals surface area contributed by atoms with Crippen LogP contribution in [0.4, 0.5) is 11.5 Å². The molecule has 1 aromatic heterocycles. The molecule has 1 heterocycles. The van der Waals surface area contributed by atoms with E-state index in [0.29, 0.717) is 28.1 Å². The lowest BCUT2D eigenvalue weighted by molar-refractivity contribution is -0.123. The Hall–Kier alpha value is -3.40. The highest BCUT2D eigenvalue weighted by atomic mass is 127. The Morgan fingerprint density at radius 1 is 1.12 bits per heavy atom. The molecule has 0 radical (unpaired) electrons. The van der Waals surface area contributed by atoms with Gasteiger partial charge in [-0.15, -0.1) is 0 Å². The minimum absolute atomic E-state index is 0.131. The first-order valence-corrected chi connectivity index (χ1v) is 15.6. The summed E-state index contributed by atoms with van der Waals surface area (Å²) >= 11 is 6.43. The summed E-state index contributed by atoms with van der Waals surface area (Å²) in [6.07, 6.45) is 4.82. The van der Waals surface area contributed by atoms with E-state index in [9.17, 15) is 18.9 Å². The summed E-state index contributed by atoms with van der Waals surface area (Å²) in [5.41, 5.74) is 0.190. The zero-order valence-corrected chi connectivity index (χ0v) is 27.1. The quantitative estimate of drug-likeness (QED) is 0.0783. The molecule has 0 saturated heterocycles. The first kappa shape index (κ1) is 33.1. The molecular weight excluding hydrogens is 697 g/mol. The minimum Gasteiger partial charge on any atom is -0.593 e. The Morgan fingerprint density at radius 3 is 2.38 bits per heavy atom. The molecule has 0 bridgehead atoms. The van der Waals surface area contributed by atoms with E-state index in [1.54, 1.807) is 81.6 Å². The van der Waals surface area contributed by atoms with Gasteiger partial charge in [0.15, 0.2) is 5.88 Å². The van der Waals surface area contributed by atoms with Crippen LogP contribution in [-0.4, -0.2) is 33.0 Å². The molecule has 0 spiro atoms. The molecule has 1 amide bonds. The number of aromatic nitrogens is 2. The predicted octanol–water partition coefficient (Wildman–Crippen LogP) is 4.21. The van der Waals surface area contributed by atoms with E-state index < -0.39 is 34.4 Å². The highest BCUT2D eigenvalue weighted by Gasteiger charge is 2.21. The highest BCUT2D eigenvalue weighted by Crippen LogP contribution is 2.21. The van der Waals surface area contributed by atoms with Crippen LogP contribution >= 0.6 is 34.5 Å². The zero-order chi connectivity index (χ0) is 30.8. The van der Waals surface area contributed by atoms with Crippen LogP contribution in [0.5, 0.6) is 5.75 Å². The lowest BCUT2D eigenvalue weighted by atomic mass is 10.1. The van der Waals surface area contributed by atoms with E-state index in [0.717, 1.165) is 10.1 Å². The fraction of sp³-hybridized carbons (Fsp3) is 0.250. The smallest absolute Gasteiger partial charge is 0.332 e. The Bertz CT molecular complexity index is 1550. The number of amides is 1. The van der Waals surface area contributed by atoms with Crippen molar-refractivity contribution in [2.24, 2.45) is 5.92 Å². The number of halogens is 2. The minimum atomic E-state index is -1.57. The molecule has 0 aliphatic carbocycles. The van der Waals surface area contributed by atoms with E-state index >= 15 is 0 Å². The molecule has 3 N–H and O–H groups in total. The number of nitrogens with one attached hydrogen (secondary N) is 3. The molecule has 2 aromatic carbocycles. The number of allylic oxidation sites excluding steroid dienone is 3. The number of hydrogen-bond donors (Lipinski definition) is 3. The van der Waals surface area contributed by atoms with Gasteiger partial charge in [-0.2, -0.15) is 4.72 Å². The zero-order valence-electron chi connectivity index (χ0n) is 23.4. The predicted molar refractivity (Wildman–Crippen MR) is 173 cm³/mol. The number of carbonyl (C=O) groups is 1. The molecule has 0 aliphatic rings. The molecule has 0 saturated carbocycles. The number of anilines is 2. The number of ether oxygens (including phenoxy) is 2. The van der Waals surface area contributed by atoms with Crippen LogP contribution in [0.2, 0.25) is 5.02 Å². The third-order valence-electron chi connectivity index (χ3n) is 5.87. The van der Waals surface area contributed by atoms with Crippen molar-refractivity contribution in [1.29, 1.82) is 0 Å². The lowest BCUT2D eigenvalue weighted by Crippen LogP contribution is -2.44. The number of methoxy groups -OCH3 is 1. The maximum Gasteiger partial charge on any atom is 0.332 e. The highest BCUT2D eigenvalue weighted by molar-refractivity contribution is 14.1. The molecule has 1 unspecified atom stereocenters. The van der Waals surface area contributed by atoms with Gasteiger partial charge in [0.2, 0.25) is 0 Å². The average molecular weight is 728 g/mol. The topological polar surface area (TPSA) is 139 Å². The standard InChI is InChI=1S/C28H31ClIN5O6S/c1-18(27(37)33-42(4)39)16-35-26(36)15-24(34(28(35)38)17-20-6-8-21(29)9-7-20)31-22-10-12-23(13-11-22)41-19(2)5-14-25(32-30)40-3/h5-15,18,31-32H,16-17H2,1-4H3,(H,33,37)/b19-5+,25-14+/t18-,42?/m0/s1. The summed E-state index contributed by atoms with van der Waals surface area (Å²) in [6.45, 7) is 3.30. The van der Waals surface area contributed by atoms with Gasteiger partial charge in [-0.25, -0.2) is 4.79 Å².